The number of amides is 1. The fourth-order valence-electron chi connectivity index (χ4n) is 4.52. The zero-order valence-corrected chi connectivity index (χ0v) is 22.3. The monoisotopic (exact) mass is 547 g/mol. The van der Waals surface area contributed by atoms with Crippen LogP contribution in [-0.4, -0.2) is 50.4 Å². The van der Waals surface area contributed by atoms with Crippen LogP contribution in [-0.2, 0) is 0 Å². The van der Waals surface area contributed by atoms with Gasteiger partial charge in [0.15, 0.2) is 17.6 Å². The van der Waals surface area contributed by atoms with Crippen LogP contribution in [0.15, 0.2) is 42.9 Å². The number of pyridine rings is 1. The molecule has 11 heteroatoms. The maximum atomic E-state index is 12.0. The van der Waals surface area contributed by atoms with Gasteiger partial charge in [0.05, 0.1) is 40.2 Å². The second kappa shape index (κ2) is 9.38. The van der Waals surface area contributed by atoms with Crippen molar-refractivity contribution in [2.24, 2.45) is 0 Å². The molecule has 1 aliphatic heterocycles. The highest BCUT2D eigenvalue weighted by Crippen LogP contribution is 2.47. The van der Waals surface area contributed by atoms with Gasteiger partial charge in [-0.15, -0.1) is 11.3 Å². The number of nitrogens with zero attached hydrogens (tertiary/aromatic N) is 5. The maximum absolute atomic E-state index is 12.0. The summed E-state index contributed by atoms with van der Waals surface area (Å²) in [7, 11) is 0. The van der Waals surface area contributed by atoms with Crippen molar-refractivity contribution in [2.45, 2.75) is 26.9 Å². The summed E-state index contributed by atoms with van der Waals surface area (Å²) in [4.78, 5) is 31.4. The Balaban J connectivity index is 1.36. The van der Waals surface area contributed by atoms with Crippen LogP contribution in [0.4, 0.5) is 10.5 Å². The van der Waals surface area contributed by atoms with Gasteiger partial charge in [-0.2, -0.15) is 0 Å². The molecular formula is C27H22ClN5O4S. The fraction of sp³-hybridized carbons (Fsp3) is 0.222. The third-order valence-electron chi connectivity index (χ3n) is 6.18. The molecule has 5 aromatic rings. The number of thiazole rings is 1. The first kappa shape index (κ1) is 24.3. The van der Waals surface area contributed by atoms with E-state index in [2.05, 4.69) is 15.0 Å². The normalized spacial score (nSPS) is 14.7. The highest BCUT2D eigenvalue weighted by molar-refractivity contribution is 7.22. The summed E-state index contributed by atoms with van der Waals surface area (Å²) >= 11 is 8.09. The highest BCUT2D eigenvalue weighted by atomic mass is 35.5. The molecule has 3 aromatic heterocycles. The van der Waals surface area contributed by atoms with E-state index in [1.807, 2.05) is 32.9 Å². The van der Waals surface area contributed by atoms with Gasteiger partial charge in [0.25, 0.3) is 0 Å². The molecule has 1 N–H and O–H groups in total. The van der Waals surface area contributed by atoms with Crippen molar-refractivity contribution in [3.05, 3.63) is 64.7 Å². The Morgan fingerprint density at radius 1 is 1.11 bits per heavy atom. The molecule has 38 heavy (non-hydrogen) atoms. The molecule has 6 rings (SSSR count). The van der Waals surface area contributed by atoms with Crippen LogP contribution in [0.5, 0.6) is 11.5 Å². The summed E-state index contributed by atoms with van der Waals surface area (Å²) in [5, 5.41) is 11.0. The van der Waals surface area contributed by atoms with Gasteiger partial charge in [0.2, 0.25) is 0 Å². The van der Waals surface area contributed by atoms with Gasteiger partial charge >= 0.3 is 6.09 Å². The summed E-state index contributed by atoms with van der Waals surface area (Å²) < 4.78 is 13.1. The van der Waals surface area contributed by atoms with E-state index in [-0.39, 0.29) is 13.2 Å². The van der Waals surface area contributed by atoms with Gasteiger partial charge in [-0.05, 0) is 50.1 Å². The molecule has 0 saturated carbocycles. The number of anilines is 1. The summed E-state index contributed by atoms with van der Waals surface area (Å²) in [6.07, 6.45) is 3.28. The van der Waals surface area contributed by atoms with E-state index in [1.54, 1.807) is 24.5 Å². The molecule has 1 amide bonds. The van der Waals surface area contributed by atoms with Gasteiger partial charge in [0.1, 0.15) is 21.8 Å². The van der Waals surface area contributed by atoms with Crippen molar-refractivity contribution < 1.29 is 19.4 Å². The van der Waals surface area contributed by atoms with Gasteiger partial charge < -0.3 is 14.6 Å². The number of ether oxygens (including phenoxy) is 2. The lowest BCUT2D eigenvalue weighted by atomic mass is 10.1. The van der Waals surface area contributed by atoms with Crippen LogP contribution < -0.4 is 14.4 Å². The van der Waals surface area contributed by atoms with Gasteiger partial charge in [-0.1, -0.05) is 11.6 Å². The van der Waals surface area contributed by atoms with Crippen LogP contribution >= 0.6 is 22.9 Å². The minimum atomic E-state index is -1.10. The number of benzene rings is 2. The third-order valence-corrected chi connectivity index (χ3v) is 7.56. The van der Waals surface area contributed by atoms with Crippen molar-refractivity contribution in [1.29, 1.82) is 0 Å². The number of carboxylic acid groups (broad SMARTS) is 1. The molecule has 1 aliphatic rings. The topological polar surface area (TPSA) is 111 Å². The van der Waals surface area contributed by atoms with Crippen LogP contribution in [0.25, 0.3) is 31.8 Å². The number of hydrogen-bond acceptors (Lipinski definition) is 8. The van der Waals surface area contributed by atoms with Crippen LogP contribution in [0, 0.1) is 20.8 Å². The summed E-state index contributed by atoms with van der Waals surface area (Å²) in [6, 6.07) is 7.48. The van der Waals surface area contributed by atoms with Crippen molar-refractivity contribution in [3.8, 4) is 22.1 Å². The van der Waals surface area contributed by atoms with Crippen molar-refractivity contribution >= 4 is 56.0 Å². The molecular weight excluding hydrogens is 526 g/mol. The molecule has 0 fully saturated rings. The Morgan fingerprint density at radius 2 is 1.95 bits per heavy atom. The zero-order chi connectivity index (χ0) is 26.6. The fourth-order valence-corrected chi connectivity index (χ4v) is 5.91. The average molecular weight is 548 g/mol. The van der Waals surface area contributed by atoms with Crippen LogP contribution in [0.2, 0.25) is 5.02 Å². The second-order valence-corrected chi connectivity index (χ2v) is 10.6. The highest BCUT2D eigenvalue weighted by Gasteiger charge is 2.30. The number of rotatable bonds is 4. The van der Waals surface area contributed by atoms with Crippen molar-refractivity contribution in [3.63, 3.8) is 0 Å². The number of hydrogen-bond donors (Lipinski definition) is 1. The number of halogens is 1. The largest absolute Gasteiger partial charge is 0.484 e. The predicted molar refractivity (Wildman–Crippen MR) is 147 cm³/mol. The Hall–Kier alpha value is -4.02. The predicted octanol–water partition coefficient (Wildman–Crippen LogP) is 6.20. The molecule has 0 aliphatic carbocycles. The number of fused-ring (bicyclic) bond motifs is 4. The van der Waals surface area contributed by atoms with Gasteiger partial charge in [-0.3, -0.25) is 14.9 Å². The minimum Gasteiger partial charge on any atom is -0.484 e. The maximum Gasteiger partial charge on any atom is 0.411 e. The van der Waals surface area contributed by atoms with E-state index in [4.69, 9.17) is 26.1 Å². The molecule has 0 bridgehead atoms. The van der Waals surface area contributed by atoms with E-state index in [9.17, 15) is 9.90 Å². The van der Waals surface area contributed by atoms with Crippen LogP contribution in [0.1, 0.15) is 16.8 Å². The van der Waals surface area contributed by atoms with Gasteiger partial charge in [-0.25, -0.2) is 14.8 Å². The second-order valence-electron chi connectivity index (χ2n) is 9.24. The Morgan fingerprint density at radius 3 is 2.74 bits per heavy atom. The molecule has 0 unspecified atom stereocenters. The van der Waals surface area contributed by atoms with Gasteiger partial charge in [0, 0.05) is 24.0 Å². The molecule has 192 valence electrons. The average Bonchev–Trinajstić information content (AvgIpc) is 3.32. The first-order valence-electron chi connectivity index (χ1n) is 11.9. The molecule has 0 spiro atoms. The van der Waals surface area contributed by atoms with Crippen molar-refractivity contribution in [1.82, 2.24) is 19.9 Å². The van der Waals surface area contributed by atoms with Crippen molar-refractivity contribution in [2.75, 3.05) is 18.1 Å². The quantitative estimate of drug-likeness (QED) is 0.283. The number of aryl methyl sites for hydroxylation is 3. The Labute approximate surface area is 226 Å². The Kier molecular flexibility index (Phi) is 6.00. The summed E-state index contributed by atoms with van der Waals surface area (Å²) in [5.74, 6) is 0.994. The summed E-state index contributed by atoms with van der Waals surface area (Å²) in [5.41, 5.74) is 6.28. The molecule has 0 saturated heterocycles. The van der Waals surface area contributed by atoms with E-state index >= 15 is 0 Å². The summed E-state index contributed by atoms with van der Waals surface area (Å²) in [6.45, 7) is 6.02. The smallest absolute Gasteiger partial charge is 0.411 e. The Bertz CT molecular complexity index is 1740. The minimum absolute atomic E-state index is 0.0663. The number of aromatic nitrogens is 4. The lowest BCUT2D eigenvalue weighted by Crippen LogP contribution is -2.43. The molecule has 1 atom stereocenters. The standard InChI is InChI=1S/C27H22ClN5O4S/c1-13-5-18(22-20(6-13)31-15(3)9-30-22)26-32-23-19(28)7-21-24(25(23)38-26)36-12-17(37-21)11-33(27(34)35)16-4-14(2)8-29-10-16/h4-10,17H,11-12H2,1-3H3,(H,34,35)/t17-/m1/s1. The lowest BCUT2D eigenvalue weighted by molar-refractivity contribution is 0.0962. The first-order chi connectivity index (χ1) is 18.3. The SMILES string of the molecule is Cc1cncc(N(C[C@@H]2COc3c(cc(Cl)c4nc(-c5cc(C)cc6nc(C)cnc56)sc34)O2)C(=O)O)c1. The molecule has 4 heterocycles. The molecule has 0 radical (unpaired) electrons. The van der Waals surface area contributed by atoms with E-state index in [0.717, 1.165) is 43.1 Å². The number of carbonyl (C=O) groups is 1. The van der Waals surface area contributed by atoms with Crippen LogP contribution in [0.3, 0.4) is 0 Å². The lowest BCUT2D eigenvalue weighted by Gasteiger charge is -2.30. The molecule has 2 aromatic carbocycles. The zero-order valence-electron chi connectivity index (χ0n) is 20.7. The molecule has 9 nitrogen and oxygen atoms in total. The van der Waals surface area contributed by atoms with E-state index < -0.39 is 12.2 Å². The first-order valence-corrected chi connectivity index (χ1v) is 13.1. The third kappa shape index (κ3) is 4.35. The van der Waals surface area contributed by atoms with E-state index in [0.29, 0.717) is 27.7 Å². The van der Waals surface area contributed by atoms with E-state index in [1.165, 1.54) is 22.4 Å².